The average Bonchev–Trinajstić information content (AvgIpc) is 3.27. The fourth-order valence-electron chi connectivity index (χ4n) is 5.42. The highest BCUT2D eigenvalue weighted by molar-refractivity contribution is 5.86. The topological polar surface area (TPSA) is 73.9 Å². The molecule has 0 bridgehead atoms. The van der Waals surface area contributed by atoms with Crippen molar-refractivity contribution in [3.8, 4) is 5.75 Å². The Hall–Kier alpha value is -2.28. The number of rotatable bonds is 2. The Morgan fingerprint density at radius 1 is 1.14 bits per heavy atom. The fourth-order valence-corrected chi connectivity index (χ4v) is 5.42. The van der Waals surface area contributed by atoms with Gasteiger partial charge in [0, 0.05) is 24.7 Å². The monoisotopic (exact) mass is 398 g/mol. The minimum Gasteiger partial charge on any atom is -0.492 e. The Bertz CT molecular complexity index is 836. The number of piperidine rings is 2. The van der Waals surface area contributed by atoms with Crippen molar-refractivity contribution in [3.63, 3.8) is 0 Å². The molecule has 4 aliphatic heterocycles. The van der Waals surface area contributed by atoms with E-state index in [2.05, 4.69) is 35.4 Å². The van der Waals surface area contributed by atoms with Crippen LogP contribution in [0.1, 0.15) is 41.9 Å². The largest absolute Gasteiger partial charge is 0.492 e. The smallest absolute Gasteiger partial charge is 0.318 e. The summed E-state index contributed by atoms with van der Waals surface area (Å²) in [4.78, 5) is 30.0. The van der Waals surface area contributed by atoms with Crippen molar-refractivity contribution in [2.45, 2.75) is 57.2 Å². The molecule has 3 saturated heterocycles. The number of hydrogen-bond donors (Lipinski definition) is 2. The maximum absolute atomic E-state index is 13.3. The Labute approximate surface area is 171 Å². The first-order chi connectivity index (χ1) is 14.0. The summed E-state index contributed by atoms with van der Waals surface area (Å²) in [6.45, 7) is 7.78. The first kappa shape index (κ1) is 18.7. The average molecular weight is 399 g/mol. The van der Waals surface area contributed by atoms with Gasteiger partial charge in [0.05, 0.1) is 12.1 Å². The first-order valence-electron chi connectivity index (χ1n) is 10.8. The van der Waals surface area contributed by atoms with Gasteiger partial charge in [0.1, 0.15) is 18.3 Å². The van der Waals surface area contributed by atoms with Crippen LogP contribution in [0.5, 0.6) is 5.75 Å². The van der Waals surface area contributed by atoms with E-state index >= 15 is 0 Å². The lowest BCUT2D eigenvalue weighted by molar-refractivity contribution is -0.134. The SMILES string of the molecule is Cc1cc2c(cc1C)C(C(=O)N1CCC3C(C1)NC(=O)N3C1CCNCC1)CO2. The number of fused-ring (bicyclic) bond motifs is 2. The molecule has 29 heavy (non-hydrogen) atoms. The number of aryl methyl sites for hydroxylation is 2. The van der Waals surface area contributed by atoms with Crippen LogP contribution < -0.4 is 15.4 Å². The van der Waals surface area contributed by atoms with Gasteiger partial charge in [-0.1, -0.05) is 6.07 Å². The normalized spacial score (nSPS) is 29.3. The molecule has 4 heterocycles. The molecule has 3 atom stereocenters. The molecule has 156 valence electrons. The Morgan fingerprint density at radius 3 is 2.69 bits per heavy atom. The van der Waals surface area contributed by atoms with Crippen molar-refractivity contribution in [3.05, 3.63) is 28.8 Å². The van der Waals surface area contributed by atoms with E-state index in [0.717, 1.165) is 43.7 Å². The van der Waals surface area contributed by atoms with E-state index in [1.54, 1.807) is 0 Å². The highest BCUT2D eigenvalue weighted by Gasteiger charge is 2.47. The van der Waals surface area contributed by atoms with Crippen LogP contribution in [0.2, 0.25) is 0 Å². The quantitative estimate of drug-likeness (QED) is 0.792. The second-order valence-corrected chi connectivity index (χ2v) is 8.92. The van der Waals surface area contributed by atoms with Gasteiger partial charge < -0.3 is 25.2 Å². The Kier molecular flexibility index (Phi) is 4.65. The second kappa shape index (κ2) is 7.20. The zero-order chi connectivity index (χ0) is 20.1. The van der Waals surface area contributed by atoms with E-state index in [9.17, 15) is 9.59 Å². The number of amides is 3. The van der Waals surface area contributed by atoms with Crippen molar-refractivity contribution >= 4 is 11.9 Å². The van der Waals surface area contributed by atoms with E-state index in [0.29, 0.717) is 25.7 Å². The number of nitrogens with one attached hydrogen (secondary N) is 2. The minimum absolute atomic E-state index is 0.0247. The number of urea groups is 1. The molecule has 3 fully saturated rings. The summed E-state index contributed by atoms with van der Waals surface area (Å²) in [5.74, 6) is 0.728. The fraction of sp³-hybridized carbons (Fsp3) is 0.636. The Morgan fingerprint density at radius 2 is 1.90 bits per heavy atom. The lowest BCUT2D eigenvalue weighted by Crippen LogP contribution is -2.55. The molecule has 0 aromatic heterocycles. The molecule has 2 N–H and O–H groups in total. The van der Waals surface area contributed by atoms with E-state index in [4.69, 9.17) is 4.74 Å². The molecule has 1 aromatic rings. The number of hydrogen-bond acceptors (Lipinski definition) is 4. The number of benzene rings is 1. The number of ether oxygens (including phenoxy) is 1. The van der Waals surface area contributed by atoms with E-state index < -0.39 is 0 Å². The number of likely N-dealkylation sites (tertiary alicyclic amines) is 1. The maximum atomic E-state index is 13.3. The molecule has 0 aliphatic carbocycles. The van der Waals surface area contributed by atoms with E-state index in [-0.39, 0.29) is 29.9 Å². The van der Waals surface area contributed by atoms with Gasteiger partial charge in [-0.2, -0.15) is 0 Å². The highest BCUT2D eigenvalue weighted by atomic mass is 16.5. The second-order valence-electron chi connectivity index (χ2n) is 8.92. The van der Waals surface area contributed by atoms with Crippen molar-refractivity contribution in [1.82, 2.24) is 20.4 Å². The molecular weight excluding hydrogens is 368 g/mol. The van der Waals surface area contributed by atoms with Crippen LogP contribution in [0, 0.1) is 13.8 Å². The van der Waals surface area contributed by atoms with Crippen molar-refractivity contribution in [1.29, 1.82) is 0 Å². The van der Waals surface area contributed by atoms with Gasteiger partial charge >= 0.3 is 6.03 Å². The molecule has 4 aliphatic rings. The van der Waals surface area contributed by atoms with Gasteiger partial charge in [-0.3, -0.25) is 4.79 Å². The number of carbonyl (C=O) groups is 2. The van der Waals surface area contributed by atoms with Crippen molar-refractivity contribution in [2.24, 2.45) is 0 Å². The minimum atomic E-state index is -0.238. The predicted octanol–water partition coefficient (Wildman–Crippen LogP) is 1.53. The van der Waals surface area contributed by atoms with Crippen molar-refractivity contribution < 1.29 is 14.3 Å². The third kappa shape index (κ3) is 3.16. The van der Waals surface area contributed by atoms with Gasteiger partial charge in [-0.05, 0) is 63.4 Å². The molecule has 7 nitrogen and oxygen atoms in total. The van der Waals surface area contributed by atoms with Crippen molar-refractivity contribution in [2.75, 3.05) is 32.8 Å². The summed E-state index contributed by atoms with van der Waals surface area (Å²) >= 11 is 0. The van der Waals surface area contributed by atoms with Crippen LogP contribution >= 0.6 is 0 Å². The molecule has 3 amide bonds. The standard InChI is InChI=1S/C22H30N4O3/c1-13-9-16-17(12-29-20(16)10-14(13)2)21(27)25-8-5-19-18(11-25)24-22(28)26(19)15-3-6-23-7-4-15/h9-10,15,17-19,23H,3-8,11-12H2,1-2H3,(H,24,28). The highest BCUT2D eigenvalue weighted by Crippen LogP contribution is 2.38. The third-order valence-electron chi connectivity index (χ3n) is 7.20. The molecule has 1 aromatic carbocycles. The molecule has 3 unspecified atom stereocenters. The third-order valence-corrected chi connectivity index (χ3v) is 7.20. The van der Waals surface area contributed by atoms with Crippen LogP contribution in [-0.2, 0) is 4.79 Å². The van der Waals surface area contributed by atoms with Crippen LogP contribution in [0.3, 0.4) is 0 Å². The molecule has 0 saturated carbocycles. The van der Waals surface area contributed by atoms with Crippen LogP contribution in [0.4, 0.5) is 4.79 Å². The van der Waals surface area contributed by atoms with Gasteiger partial charge in [0.15, 0.2) is 0 Å². The Balaban J connectivity index is 1.29. The van der Waals surface area contributed by atoms with Gasteiger partial charge in [-0.15, -0.1) is 0 Å². The van der Waals surface area contributed by atoms with Crippen LogP contribution in [0.15, 0.2) is 12.1 Å². The molecule has 7 heteroatoms. The zero-order valence-electron chi connectivity index (χ0n) is 17.2. The van der Waals surface area contributed by atoms with E-state index in [1.807, 2.05) is 11.0 Å². The maximum Gasteiger partial charge on any atom is 0.318 e. The van der Waals surface area contributed by atoms with Crippen LogP contribution in [-0.4, -0.2) is 72.6 Å². The zero-order valence-corrected chi connectivity index (χ0v) is 17.2. The van der Waals surface area contributed by atoms with E-state index in [1.165, 1.54) is 11.1 Å². The van der Waals surface area contributed by atoms with Crippen LogP contribution in [0.25, 0.3) is 0 Å². The summed E-state index contributed by atoms with van der Waals surface area (Å²) in [6.07, 6.45) is 2.86. The number of nitrogens with zero attached hydrogens (tertiary/aromatic N) is 2. The molecule has 0 radical (unpaired) electrons. The van der Waals surface area contributed by atoms with Gasteiger partial charge in [0.25, 0.3) is 0 Å². The molecular formula is C22H30N4O3. The number of carbonyl (C=O) groups excluding carboxylic acids is 2. The molecule has 0 spiro atoms. The summed E-state index contributed by atoms with van der Waals surface area (Å²) in [7, 11) is 0. The predicted molar refractivity (Wildman–Crippen MR) is 109 cm³/mol. The summed E-state index contributed by atoms with van der Waals surface area (Å²) in [6, 6.07) is 4.72. The van der Waals surface area contributed by atoms with Gasteiger partial charge in [-0.25, -0.2) is 4.79 Å². The summed E-state index contributed by atoms with van der Waals surface area (Å²) < 4.78 is 5.83. The lowest BCUT2D eigenvalue weighted by atomic mass is 9.93. The lowest BCUT2D eigenvalue weighted by Gasteiger charge is -2.41. The molecule has 5 rings (SSSR count). The van der Waals surface area contributed by atoms with Gasteiger partial charge in [0.2, 0.25) is 5.91 Å². The first-order valence-corrected chi connectivity index (χ1v) is 10.8. The summed E-state index contributed by atoms with van der Waals surface area (Å²) in [5.41, 5.74) is 3.38. The summed E-state index contributed by atoms with van der Waals surface area (Å²) in [5, 5.41) is 6.53.